The second kappa shape index (κ2) is 10.0. The van der Waals surface area contributed by atoms with Crippen molar-refractivity contribution in [3.8, 4) is 0 Å². The van der Waals surface area contributed by atoms with E-state index < -0.39 is 0 Å². The van der Waals surface area contributed by atoms with Gasteiger partial charge in [-0.05, 0) is 25.7 Å². The van der Waals surface area contributed by atoms with E-state index >= 15 is 0 Å². The van der Waals surface area contributed by atoms with E-state index in [2.05, 4.69) is 49.2 Å². The third-order valence-electron chi connectivity index (χ3n) is 4.04. The predicted octanol–water partition coefficient (Wildman–Crippen LogP) is 5.06. The van der Waals surface area contributed by atoms with E-state index in [0.717, 1.165) is 0 Å². The first kappa shape index (κ1) is 17.3. The van der Waals surface area contributed by atoms with Gasteiger partial charge in [-0.1, -0.05) is 53.4 Å². The zero-order chi connectivity index (χ0) is 14.8. The molecular formula is C18H35N2+. The van der Waals surface area contributed by atoms with Gasteiger partial charge in [0, 0.05) is 0 Å². The molecule has 0 unspecified atom stereocenters. The van der Waals surface area contributed by atoms with Crippen molar-refractivity contribution in [3.05, 3.63) is 18.2 Å². The monoisotopic (exact) mass is 279 g/mol. The Kier molecular flexibility index (Phi) is 8.64. The largest absolute Gasteiger partial charge is 0.258 e. The Bertz CT molecular complexity index is 323. The molecule has 2 nitrogen and oxygen atoms in total. The van der Waals surface area contributed by atoms with Crippen LogP contribution in [0.25, 0.3) is 0 Å². The number of rotatable bonds is 11. The number of aromatic nitrogens is 2. The predicted molar refractivity (Wildman–Crippen MR) is 87.0 cm³/mol. The smallest absolute Gasteiger partial charge is 0.234 e. The Labute approximate surface area is 126 Å². The molecule has 1 aromatic heterocycles. The summed E-state index contributed by atoms with van der Waals surface area (Å²) in [6.45, 7) is 11.6. The summed E-state index contributed by atoms with van der Waals surface area (Å²) in [7, 11) is 0. The van der Waals surface area contributed by atoms with Crippen molar-refractivity contribution in [2.45, 2.75) is 98.1 Å². The van der Waals surface area contributed by atoms with Crippen molar-refractivity contribution in [2.24, 2.45) is 0 Å². The van der Waals surface area contributed by atoms with Crippen LogP contribution in [0.1, 0.15) is 90.8 Å². The van der Waals surface area contributed by atoms with E-state index in [1.54, 1.807) is 0 Å². The van der Waals surface area contributed by atoms with E-state index in [1.807, 2.05) is 0 Å². The van der Waals surface area contributed by atoms with Gasteiger partial charge in [-0.25, -0.2) is 9.13 Å². The van der Waals surface area contributed by atoms with Crippen LogP contribution in [-0.2, 0) is 13.1 Å². The highest BCUT2D eigenvalue weighted by Crippen LogP contribution is 2.13. The second-order valence-electron chi connectivity index (χ2n) is 6.32. The molecule has 0 saturated carbocycles. The standard InChI is InChI=1S/C18H35N2/c1-5-7-9-11-13-19-15-16-20(18(19)17(3)4)14-12-10-8-6-2/h15-17H,5-14H2,1-4H3/q+1. The van der Waals surface area contributed by atoms with Gasteiger partial charge in [-0.3, -0.25) is 0 Å². The van der Waals surface area contributed by atoms with Crippen molar-refractivity contribution in [3.63, 3.8) is 0 Å². The molecule has 1 rings (SSSR count). The lowest BCUT2D eigenvalue weighted by Crippen LogP contribution is -2.38. The highest BCUT2D eigenvalue weighted by Gasteiger charge is 2.19. The van der Waals surface area contributed by atoms with Crippen LogP contribution >= 0.6 is 0 Å². The molecule has 0 atom stereocenters. The van der Waals surface area contributed by atoms with Gasteiger partial charge in [-0.2, -0.15) is 0 Å². The molecule has 0 aliphatic carbocycles. The molecular weight excluding hydrogens is 244 g/mol. The summed E-state index contributed by atoms with van der Waals surface area (Å²) in [5, 5.41) is 0. The molecule has 1 heterocycles. The molecule has 116 valence electrons. The fourth-order valence-electron chi connectivity index (χ4n) is 2.94. The van der Waals surface area contributed by atoms with E-state index in [1.165, 1.54) is 70.3 Å². The number of hydrogen-bond donors (Lipinski definition) is 0. The van der Waals surface area contributed by atoms with Gasteiger partial charge in [0.15, 0.2) is 0 Å². The van der Waals surface area contributed by atoms with Crippen molar-refractivity contribution < 1.29 is 4.57 Å². The van der Waals surface area contributed by atoms with Gasteiger partial charge in [-0.15, -0.1) is 0 Å². The summed E-state index contributed by atoms with van der Waals surface area (Å²) in [6.07, 6.45) is 15.3. The number of imidazole rings is 1. The molecule has 0 aromatic carbocycles. The van der Waals surface area contributed by atoms with Crippen LogP contribution in [0.15, 0.2) is 12.4 Å². The highest BCUT2D eigenvalue weighted by atomic mass is 15.1. The summed E-state index contributed by atoms with van der Waals surface area (Å²) >= 11 is 0. The van der Waals surface area contributed by atoms with Crippen LogP contribution in [0.5, 0.6) is 0 Å². The van der Waals surface area contributed by atoms with Crippen molar-refractivity contribution >= 4 is 0 Å². The van der Waals surface area contributed by atoms with Crippen molar-refractivity contribution in [2.75, 3.05) is 0 Å². The molecule has 0 bridgehead atoms. The average molecular weight is 279 g/mol. The molecule has 0 N–H and O–H groups in total. The Hall–Kier alpha value is -0.790. The van der Waals surface area contributed by atoms with Gasteiger partial charge < -0.3 is 0 Å². The third-order valence-corrected chi connectivity index (χ3v) is 4.04. The first-order valence-electron chi connectivity index (χ1n) is 8.79. The normalized spacial score (nSPS) is 11.4. The minimum absolute atomic E-state index is 0.613. The zero-order valence-corrected chi connectivity index (χ0v) is 14.2. The maximum Gasteiger partial charge on any atom is 0.258 e. The Morgan fingerprint density at radius 3 is 2.20 bits per heavy atom. The van der Waals surface area contributed by atoms with Crippen LogP contribution in [0.3, 0.4) is 0 Å². The lowest BCUT2D eigenvalue weighted by Gasteiger charge is -2.08. The zero-order valence-electron chi connectivity index (χ0n) is 14.2. The molecule has 0 radical (unpaired) electrons. The molecule has 0 spiro atoms. The maximum absolute atomic E-state index is 2.49. The van der Waals surface area contributed by atoms with E-state index in [4.69, 9.17) is 0 Å². The third kappa shape index (κ3) is 5.68. The van der Waals surface area contributed by atoms with Crippen LogP contribution in [0, 0.1) is 0 Å². The minimum atomic E-state index is 0.613. The molecule has 0 aliphatic heterocycles. The van der Waals surface area contributed by atoms with Gasteiger partial charge in [0.1, 0.15) is 12.4 Å². The molecule has 0 fully saturated rings. The van der Waals surface area contributed by atoms with Crippen LogP contribution in [0.4, 0.5) is 0 Å². The molecule has 1 aromatic rings. The molecule has 2 heteroatoms. The van der Waals surface area contributed by atoms with Crippen molar-refractivity contribution in [1.82, 2.24) is 4.57 Å². The summed E-state index contributed by atoms with van der Waals surface area (Å²) in [5.41, 5.74) is 0. The minimum Gasteiger partial charge on any atom is -0.234 e. The molecule has 0 saturated heterocycles. The first-order valence-corrected chi connectivity index (χ1v) is 8.79. The molecule has 0 aliphatic rings. The van der Waals surface area contributed by atoms with Crippen molar-refractivity contribution in [1.29, 1.82) is 0 Å². The average Bonchev–Trinajstić information content (AvgIpc) is 2.83. The first-order chi connectivity index (χ1) is 9.70. The van der Waals surface area contributed by atoms with E-state index in [0.29, 0.717) is 5.92 Å². The van der Waals surface area contributed by atoms with Gasteiger partial charge in [0.25, 0.3) is 5.82 Å². The topological polar surface area (TPSA) is 8.81 Å². The summed E-state index contributed by atoms with van der Waals surface area (Å²) in [4.78, 5) is 0. The second-order valence-corrected chi connectivity index (χ2v) is 6.32. The van der Waals surface area contributed by atoms with E-state index in [-0.39, 0.29) is 0 Å². The fourth-order valence-corrected chi connectivity index (χ4v) is 2.94. The summed E-state index contributed by atoms with van der Waals surface area (Å²) in [5.74, 6) is 2.13. The quantitative estimate of drug-likeness (QED) is 0.395. The summed E-state index contributed by atoms with van der Waals surface area (Å²) in [6, 6.07) is 0. The SMILES string of the molecule is CCCCCCn1cc[n+](CCCCCC)c1C(C)C. The lowest BCUT2D eigenvalue weighted by atomic mass is 10.1. The number of hydrogen-bond acceptors (Lipinski definition) is 0. The van der Waals surface area contributed by atoms with Crippen LogP contribution < -0.4 is 4.57 Å². The van der Waals surface area contributed by atoms with Crippen LogP contribution in [0.2, 0.25) is 0 Å². The maximum atomic E-state index is 2.49. The summed E-state index contributed by atoms with van der Waals surface area (Å²) < 4.78 is 4.97. The van der Waals surface area contributed by atoms with Gasteiger partial charge in [0.05, 0.1) is 19.0 Å². The van der Waals surface area contributed by atoms with Gasteiger partial charge >= 0.3 is 0 Å². The van der Waals surface area contributed by atoms with E-state index in [9.17, 15) is 0 Å². The fraction of sp³-hybridized carbons (Fsp3) is 0.833. The highest BCUT2D eigenvalue weighted by molar-refractivity contribution is 4.89. The Morgan fingerprint density at radius 2 is 1.60 bits per heavy atom. The number of aryl methyl sites for hydroxylation is 2. The lowest BCUT2D eigenvalue weighted by molar-refractivity contribution is -0.705. The molecule has 0 amide bonds. The number of unbranched alkanes of at least 4 members (excludes halogenated alkanes) is 6. The van der Waals surface area contributed by atoms with Crippen LogP contribution in [-0.4, -0.2) is 4.57 Å². The number of nitrogens with zero attached hydrogens (tertiary/aromatic N) is 2. The molecule has 20 heavy (non-hydrogen) atoms. The van der Waals surface area contributed by atoms with Gasteiger partial charge in [0.2, 0.25) is 0 Å². The Morgan fingerprint density at radius 1 is 0.950 bits per heavy atom. The Balaban J connectivity index is 2.54.